The zero-order chi connectivity index (χ0) is 24.6. The summed E-state index contributed by atoms with van der Waals surface area (Å²) in [4.78, 5) is 0. The molecule has 2 aliphatic heterocycles. The second-order valence-electron chi connectivity index (χ2n) is 8.70. The third-order valence-corrected chi connectivity index (χ3v) is 9.43. The normalized spacial score (nSPS) is 16.8. The van der Waals surface area contributed by atoms with Crippen molar-refractivity contribution in [1.29, 1.82) is 0 Å². The number of fused-ring (bicyclic) bond motifs is 6. The summed E-state index contributed by atoms with van der Waals surface area (Å²) in [6.07, 6.45) is 0. The summed E-state index contributed by atoms with van der Waals surface area (Å²) >= 11 is 0. The third-order valence-electron chi connectivity index (χ3n) is 6.41. The van der Waals surface area contributed by atoms with Crippen molar-refractivity contribution in [3.63, 3.8) is 0 Å². The van der Waals surface area contributed by atoms with Gasteiger partial charge in [0.05, 0.1) is 17.2 Å². The molecule has 0 radical (unpaired) electrons. The van der Waals surface area contributed by atoms with Crippen molar-refractivity contribution < 1.29 is 18.1 Å². The lowest BCUT2D eigenvalue weighted by atomic mass is 10.0. The first-order chi connectivity index (χ1) is 18.3. The number of hydrogen-bond donors (Lipinski definition) is 0. The maximum atomic E-state index is 6.56. The molecule has 2 unspecified atom stereocenters. The molecule has 0 N–H and O–H groups in total. The maximum absolute atomic E-state index is 6.56. The highest BCUT2D eigenvalue weighted by atomic mass is 31.2. The molecule has 4 nitrogen and oxygen atoms in total. The molecule has 2 heterocycles. The second kappa shape index (κ2) is 9.65. The maximum Gasteiger partial charge on any atom is 0.326 e. The van der Waals surface area contributed by atoms with Gasteiger partial charge < -0.3 is 18.1 Å². The lowest BCUT2D eigenvalue weighted by Crippen LogP contribution is -2.18. The molecule has 5 aromatic carbocycles. The van der Waals surface area contributed by atoms with Crippen molar-refractivity contribution in [3.8, 4) is 39.5 Å². The van der Waals surface area contributed by atoms with E-state index in [9.17, 15) is 0 Å². The molecule has 7 rings (SSSR count). The molecule has 0 fully saturated rings. The fourth-order valence-electron chi connectivity index (χ4n) is 4.63. The van der Waals surface area contributed by atoms with E-state index in [2.05, 4.69) is 48.5 Å². The van der Waals surface area contributed by atoms with E-state index < -0.39 is 16.8 Å². The quantitative estimate of drug-likeness (QED) is 0.220. The summed E-state index contributed by atoms with van der Waals surface area (Å²) in [5.41, 5.74) is 5.45. The highest BCUT2D eigenvalue weighted by molar-refractivity contribution is 7.57. The van der Waals surface area contributed by atoms with Gasteiger partial charge in [-0.3, -0.25) is 0 Å². The van der Waals surface area contributed by atoms with Gasteiger partial charge in [0.2, 0.25) is 0 Å². The molecule has 180 valence electrons. The van der Waals surface area contributed by atoms with E-state index in [4.69, 9.17) is 18.1 Å². The van der Waals surface area contributed by atoms with E-state index in [1.807, 2.05) is 72.8 Å². The Hall–Kier alpha value is -3.68. The van der Waals surface area contributed by atoms with Crippen molar-refractivity contribution in [2.24, 2.45) is 0 Å². The molecule has 0 spiro atoms. The van der Waals surface area contributed by atoms with Gasteiger partial charge >= 0.3 is 8.38 Å². The van der Waals surface area contributed by atoms with E-state index in [1.165, 1.54) is 0 Å². The Bertz CT molecular complexity index is 1600. The van der Waals surface area contributed by atoms with Crippen molar-refractivity contribution >= 4 is 27.4 Å². The van der Waals surface area contributed by atoms with E-state index in [1.54, 1.807) is 0 Å². The van der Waals surface area contributed by atoms with Crippen molar-refractivity contribution in [2.45, 2.75) is 6.61 Å². The zero-order valence-electron chi connectivity index (χ0n) is 19.8. The molecule has 0 saturated carbocycles. The van der Waals surface area contributed by atoms with Crippen LogP contribution in [-0.4, -0.2) is 0 Å². The first kappa shape index (κ1) is 22.5. The van der Waals surface area contributed by atoms with Gasteiger partial charge in [-0.2, -0.15) is 0 Å². The van der Waals surface area contributed by atoms with Crippen LogP contribution in [0.2, 0.25) is 0 Å². The summed E-state index contributed by atoms with van der Waals surface area (Å²) in [7, 11) is -2.64. The lowest BCUT2D eigenvalue weighted by Gasteiger charge is -2.28. The van der Waals surface area contributed by atoms with Gasteiger partial charge in [-0.15, -0.1) is 0 Å². The molecular weight excluding hydrogens is 498 g/mol. The number of rotatable bonds is 5. The predicted molar refractivity (Wildman–Crippen MR) is 150 cm³/mol. The van der Waals surface area contributed by atoms with Gasteiger partial charge in [0, 0.05) is 16.7 Å². The number of hydrogen-bond acceptors (Lipinski definition) is 4. The monoisotopic (exact) mass is 520 g/mol. The van der Waals surface area contributed by atoms with Crippen molar-refractivity contribution in [2.75, 3.05) is 0 Å². The lowest BCUT2D eigenvalue weighted by molar-refractivity contribution is 0.306. The largest absolute Gasteiger partial charge is 0.443 e. The summed E-state index contributed by atoms with van der Waals surface area (Å²) in [6.45, 7) is 0.361. The topological polar surface area (TPSA) is 36.9 Å². The van der Waals surface area contributed by atoms with Crippen molar-refractivity contribution in [1.82, 2.24) is 0 Å². The predicted octanol–water partition coefficient (Wildman–Crippen LogP) is 7.98. The first-order valence-electron chi connectivity index (χ1n) is 12.1. The Labute approximate surface area is 218 Å². The van der Waals surface area contributed by atoms with Crippen LogP contribution in [-0.2, 0) is 11.1 Å². The molecular formula is C31H22O4P2. The van der Waals surface area contributed by atoms with Gasteiger partial charge in [0.25, 0.3) is 8.38 Å². The minimum atomic E-state index is -1.35. The van der Waals surface area contributed by atoms with Crippen LogP contribution in [0.4, 0.5) is 0 Å². The molecule has 5 aromatic rings. The minimum absolute atomic E-state index is 0.361. The highest BCUT2D eigenvalue weighted by Crippen LogP contribution is 2.52. The molecule has 0 saturated heterocycles. The van der Waals surface area contributed by atoms with Gasteiger partial charge in [-0.1, -0.05) is 91.0 Å². The van der Waals surface area contributed by atoms with Crippen LogP contribution >= 0.6 is 16.8 Å². The van der Waals surface area contributed by atoms with Gasteiger partial charge in [-0.25, -0.2) is 0 Å². The summed E-state index contributed by atoms with van der Waals surface area (Å²) < 4.78 is 25.7. The molecule has 0 aromatic heterocycles. The Morgan fingerprint density at radius 2 is 0.973 bits per heavy atom. The Morgan fingerprint density at radius 3 is 1.65 bits per heavy atom. The Balaban J connectivity index is 1.15. The van der Waals surface area contributed by atoms with Crippen LogP contribution in [0.3, 0.4) is 0 Å². The third kappa shape index (κ3) is 4.18. The van der Waals surface area contributed by atoms with E-state index in [0.29, 0.717) is 6.61 Å². The minimum Gasteiger partial charge on any atom is -0.443 e. The Kier molecular flexibility index (Phi) is 5.87. The van der Waals surface area contributed by atoms with Crippen LogP contribution in [0, 0.1) is 0 Å². The molecule has 2 atom stereocenters. The summed E-state index contributed by atoms with van der Waals surface area (Å²) in [5.74, 6) is 2.45. The van der Waals surface area contributed by atoms with Crippen LogP contribution in [0.15, 0.2) is 121 Å². The second-order valence-corrected chi connectivity index (χ2v) is 11.5. The molecule has 0 amide bonds. The smallest absolute Gasteiger partial charge is 0.326 e. The van der Waals surface area contributed by atoms with Crippen molar-refractivity contribution in [3.05, 3.63) is 127 Å². The Morgan fingerprint density at radius 1 is 0.486 bits per heavy atom. The van der Waals surface area contributed by atoms with Gasteiger partial charge in [0.15, 0.2) is 0 Å². The molecule has 0 bridgehead atoms. The molecule has 0 aliphatic carbocycles. The average molecular weight is 520 g/mol. The van der Waals surface area contributed by atoms with Crippen LogP contribution in [0.1, 0.15) is 5.56 Å². The molecule has 37 heavy (non-hydrogen) atoms. The van der Waals surface area contributed by atoms with Gasteiger partial charge in [-0.05, 0) is 41.5 Å². The zero-order valence-corrected chi connectivity index (χ0v) is 21.6. The fraction of sp³-hybridized carbons (Fsp3) is 0.0323. The van der Waals surface area contributed by atoms with Gasteiger partial charge in [0.1, 0.15) is 17.2 Å². The van der Waals surface area contributed by atoms with E-state index in [0.717, 1.165) is 55.7 Å². The standard InChI is InChI=1S/C31H22O4P2/c1-6-16-27(33-37-31-20-10-5-15-26(31)24-13-3-8-18-29(24)35-37)22(11-1)21-32-36-30-19-9-4-14-25(30)23-12-2-7-17-28(23)34-36/h1-20H,21H2. The van der Waals surface area contributed by atoms with E-state index in [-0.39, 0.29) is 0 Å². The molecule has 6 heteroatoms. The van der Waals surface area contributed by atoms with Crippen LogP contribution < -0.4 is 24.2 Å². The molecule has 2 aliphatic rings. The highest BCUT2D eigenvalue weighted by Gasteiger charge is 2.31. The average Bonchev–Trinajstić information content (AvgIpc) is 2.97. The summed E-state index contributed by atoms with van der Waals surface area (Å²) in [5, 5.41) is 2.15. The first-order valence-corrected chi connectivity index (χ1v) is 14.4. The van der Waals surface area contributed by atoms with Crippen LogP contribution in [0.5, 0.6) is 17.2 Å². The number of para-hydroxylation sites is 3. The summed E-state index contributed by atoms with van der Waals surface area (Å²) in [6, 6.07) is 40.8. The number of benzene rings is 5. The fourth-order valence-corrected chi connectivity index (χ4v) is 7.64. The van der Waals surface area contributed by atoms with Crippen LogP contribution in [0.25, 0.3) is 22.3 Å². The van der Waals surface area contributed by atoms with E-state index >= 15 is 0 Å². The SMILES string of the molecule is c1ccc(OP2Oc3ccccc3-c3ccccc32)c(COP2Oc3ccccc3-c3ccccc32)c1.